The second-order valence-corrected chi connectivity index (χ2v) is 4.30. The van der Waals surface area contributed by atoms with Gasteiger partial charge in [0.15, 0.2) is 0 Å². The molecule has 96 valence electrons. The number of ether oxygens (including phenoxy) is 2. The summed E-state index contributed by atoms with van der Waals surface area (Å²) >= 11 is 0. The lowest BCUT2D eigenvalue weighted by Crippen LogP contribution is -2.33. The smallest absolute Gasteiger partial charge is 0.142 e. The van der Waals surface area contributed by atoms with Crippen molar-refractivity contribution in [1.29, 1.82) is 0 Å². The monoisotopic (exact) mass is 238 g/mol. The molecule has 0 heterocycles. The molecule has 1 aromatic rings. The van der Waals surface area contributed by atoms with Crippen molar-refractivity contribution in [3.63, 3.8) is 0 Å². The number of nitrogens with one attached hydrogen (secondary N) is 1. The number of methoxy groups -OCH3 is 2. The van der Waals surface area contributed by atoms with Gasteiger partial charge < -0.3 is 20.5 Å². The average Bonchev–Trinajstić information content (AvgIpc) is 2.35. The molecule has 0 bridgehead atoms. The fraction of sp³-hybridized carbons (Fsp3) is 0.538. The van der Waals surface area contributed by atoms with Gasteiger partial charge in [-0.15, -0.1) is 0 Å². The van der Waals surface area contributed by atoms with Gasteiger partial charge in [0.2, 0.25) is 0 Å². The van der Waals surface area contributed by atoms with Crippen LogP contribution in [0.25, 0.3) is 0 Å². The van der Waals surface area contributed by atoms with Crippen molar-refractivity contribution in [2.75, 3.05) is 26.1 Å². The van der Waals surface area contributed by atoms with Crippen molar-refractivity contribution in [1.82, 2.24) is 0 Å². The zero-order chi connectivity index (χ0) is 12.8. The van der Waals surface area contributed by atoms with Crippen LogP contribution in [-0.4, -0.2) is 26.8 Å². The largest absolute Gasteiger partial charge is 0.497 e. The lowest BCUT2D eigenvalue weighted by atomic mass is 10.0. The number of hydrogen-bond donors (Lipinski definition) is 2. The SMILES string of the molecule is COc1ccc(OC)c(NC(CN)C(C)C)c1. The molecule has 1 aromatic carbocycles. The molecule has 1 rings (SSSR count). The summed E-state index contributed by atoms with van der Waals surface area (Å²) < 4.78 is 10.5. The number of nitrogens with two attached hydrogens (primary N) is 1. The maximum atomic E-state index is 5.75. The molecule has 0 spiro atoms. The minimum atomic E-state index is 0.219. The van der Waals surface area contributed by atoms with Gasteiger partial charge in [-0.2, -0.15) is 0 Å². The molecule has 0 radical (unpaired) electrons. The molecule has 0 aliphatic heterocycles. The van der Waals surface area contributed by atoms with Crippen LogP contribution in [-0.2, 0) is 0 Å². The third-order valence-corrected chi connectivity index (χ3v) is 2.81. The first kappa shape index (κ1) is 13.6. The Morgan fingerprint density at radius 1 is 1.24 bits per heavy atom. The maximum Gasteiger partial charge on any atom is 0.142 e. The summed E-state index contributed by atoms with van der Waals surface area (Å²) in [4.78, 5) is 0. The lowest BCUT2D eigenvalue weighted by molar-refractivity contribution is 0.403. The molecule has 17 heavy (non-hydrogen) atoms. The van der Waals surface area contributed by atoms with E-state index in [1.165, 1.54) is 0 Å². The molecule has 0 aliphatic carbocycles. The van der Waals surface area contributed by atoms with Crippen molar-refractivity contribution in [3.8, 4) is 11.5 Å². The summed E-state index contributed by atoms with van der Waals surface area (Å²) in [6.45, 7) is 4.85. The summed E-state index contributed by atoms with van der Waals surface area (Å²) in [5, 5.41) is 3.39. The summed E-state index contributed by atoms with van der Waals surface area (Å²) in [5.41, 5.74) is 6.66. The fourth-order valence-electron chi connectivity index (χ4n) is 1.62. The average molecular weight is 238 g/mol. The highest BCUT2D eigenvalue weighted by molar-refractivity contribution is 5.60. The van der Waals surface area contributed by atoms with E-state index in [4.69, 9.17) is 15.2 Å². The number of anilines is 1. The van der Waals surface area contributed by atoms with Gasteiger partial charge in [0.05, 0.1) is 19.9 Å². The molecule has 0 amide bonds. The zero-order valence-corrected chi connectivity index (χ0v) is 11.0. The van der Waals surface area contributed by atoms with Crippen LogP contribution < -0.4 is 20.5 Å². The molecule has 4 nitrogen and oxygen atoms in total. The van der Waals surface area contributed by atoms with Gasteiger partial charge in [0, 0.05) is 18.7 Å². The molecular weight excluding hydrogens is 216 g/mol. The molecule has 1 unspecified atom stereocenters. The van der Waals surface area contributed by atoms with Crippen LogP contribution in [0.2, 0.25) is 0 Å². The van der Waals surface area contributed by atoms with Crippen LogP contribution in [0.4, 0.5) is 5.69 Å². The highest BCUT2D eigenvalue weighted by Gasteiger charge is 2.14. The summed E-state index contributed by atoms with van der Waals surface area (Å²) in [6, 6.07) is 5.89. The Kier molecular flexibility index (Phi) is 5.10. The standard InChI is InChI=1S/C13H22N2O2/c1-9(2)12(8-14)15-11-7-10(16-3)5-6-13(11)17-4/h5-7,9,12,15H,8,14H2,1-4H3. The molecule has 0 aliphatic rings. The maximum absolute atomic E-state index is 5.75. The van der Waals surface area contributed by atoms with Crippen LogP contribution in [0.1, 0.15) is 13.8 Å². The Morgan fingerprint density at radius 3 is 2.41 bits per heavy atom. The molecule has 4 heteroatoms. The third kappa shape index (κ3) is 3.53. The first-order valence-electron chi connectivity index (χ1n) is 5.81. The predicted octanol–water partition coefficient (Wildman–Crippen LogP) is 2.10. The number of rotatable bonds is 6. The molecule has 0 fully saturated rings. The molecule has 1 atom stereocenters. The van der Waals surface area contributed by atoms with E-state index in [1.807, 2.05) is 18.2 Å². The third-order valence-electron chi connectivity index (χ3n) is 2.81. The molecular formula is C13H22N2O2. The molecule has 0 aromatic heterocycles. The van der Waals surface area contributed by atoms with Gasteiger partial charge in [-0.1, -0.05) is 13.8 Å². The molecule has 0 saturated heterocycles. The normalized spacial score (nSPS) is 12.4. The first-order valence-corrected chi connectivity index (χ1v) is 5.81. The summed E-state index contributed by atoms with van der Waals surface area (Å²) in [5.74, 6) is 2.05. The minimum absolute atomic E-state index is 0.219. The van der Waals surface area contributed by atoms with Crippen LogP contribution in [0.15, 0.2) is 18.2 Å². The Labute approximate surface area is 103 Å². The van der Waals surface area contributed by atoms with E-state index in [-0.39, 0.29) is 6.04 Å². The highest BCUT2D eigenvalue weighted by atomic mass is 16.5. The number of hydrogen-bond acceptors (Lipinski definition) is 4. The van der Waals surface area contributed by atoms with Gasteiger partial charge in [-0.3, -0.25) is 0 Å². The van der Waals surface area contributed by atoms with Crippen LogP contribution in [0, 0.1) is 5.92 Å². The summed E-state index contributed by atoms with van der Waals surface area (Å²) in [6.07, 6.45) is 0. The van der Waals surface area contributed by atoms with E-state index in [1.54, 1.807) is 14.2 Å². The van der Waals surface area contributed by atoms with E-state index in [0.717, 1.165) is 17.2 Å². The Bertz CT molecular complexity index is 353. The quantitative estimate of drug-likeness (QED) is 0.797. The lowest BCUT2D eigenvalue weighted by Gasteiger charge is -2.23. The predicted molar refractivity (Wildman–Crippen MR) is 70.8 cm³/mol. The fourth-order valence-corrected chi connectivity index (χ4v) is 1.62. The highest BCUT2D eigenvalue weighted by Crippen LogP contribution is 2.30. The first-order chi connectivity index (χ1) is 8.12. The Hall–Kier alpha value is -1.42. The van der Waals surface area contributed by atoms with Crippen molar-refractivity contribution in [2.24, 2.45) is 11.7 Å². The van der Waals surface area contributed by atoms with Crippen LogP contribution >= 0.6 is 0 Å². The van der Waals surface area contributed by atoms with Crippen molar-refractivity contribution >= 4 is 5.69 Å². The number of benzene rings is 1. The summed E-state index contributed by atoms with van der Waals surface area (Å²) in [7, 11) is 3.30. The second kappa shape index (κ2) is 6.35. The van der Waals surface area contributed by atoms with Gasteiger partial charge in [0.1, 0.15) is 11.5 Å². The van der Waals surface area contributed by atoms with Crippen molar-refractivity contribution < 1.29 is 9.47 Å². The zero-order valence-electron chi connectivity index (χ0n) is 11.0. The van der Waals surface area contributed by atoms with Crippen molar-refractivity contribution in [3.05, 3.63) is 18.2 Å². The van der Waals surface area contributed by atoms with Crippen molar-refractivity contribution in [2.45, 2.75) is 19.9 Å². The van der Waals surface area contributed by atoms with E-state index < -0.39 is 0 Å². The van der Waals surface area contributed by atoms with Gasteiger partial charge in [0.25, 0.3) is 0 Å². The Balaban J connectivity index is 2.93. The van der Waals surface area contributed by atoms with Crippen LogP contribution in [0.5, 0.6) is 11.5 Å². The Morgan fingerprint density at radius 2 is 1.94 bits per heavy atom. The topological polar surface area (TPSA) is 56.5 Å². The molecule has 0 saturated carbocycles. The molecule has 3 N–H and O–H groups in total. The van der Waals surface area contributed by atoms with E-state index in [0.29, 0.717) is 12.5 Å². The van der Waals surface area contributed by atoms with Gasteiger partial charge in [-0.05, 0) is 18.1 Å². The van der Waals surface area contributed by atoms with E-state index in [2.05, 4.69) is 19.2 Å². The van der Waals surface area contributed by atoms with Gasteiger partial charge in [-0.25, -0.2) is 0 Å². The minimum Gasteiger partial charge on any atom is -0.497 e. The van der Waals surface area contributed by atoms with Gasteiger partial charge >= 0.3 is 0 Å². The second-order valence-electron chi connectivity index (χ2n) is 4.30. The van der Waals surface area contributed by atoms with Crippen LogP contribution in [0.3, 0.4) is 0 Å². The van der Waals surface area contributed by atoms with E-state index >= 15 is 0 Å². The van der Waals surface area contributed by atoms with E-state index in [9.17, 15) is 0 Å².